The number of pyridine rings is 1. The number of ether oxygens (including phenoxy) is 1. The van der Waals surface area contributed by atoms with Crippen LogP contribution in [-0.2, 0) is 0 Å². The maximum absolute atomic E-state index is 12.4. The number of aromatic carboxylic acids is 1. The fourth-order valence-electron chi connectivity index (χ4n) is 2.87. The van der Waals surface area contributed by atoms with E-state index in [1.54, 1.807) is 0 Å². The molecule has 0 saturated heterocycles. The molecule has 0 radical (unpaired) electrons. The van der Waals surface area contributed by atoms with E-state index in [1.165, 1.54) is 12.1 Å². The van der Waals surface area contributed by atoms with E-state index in [4.69, 9.17) is 16.3 Å². The molecule has 0 fully saturated rings. The van der Waals surface area contributed by atoms with Gasteiger partial charge in [0.05, 0.1) is 16.2 Å². The summed E-state index contributed by atoms with van der Waals surface area (Å²) in [6.07, 6.45) is 0.660. The molecular weight excluding hydrogens is 352 g/mol. The van der Waals surface area contributed by atoms with Crippen LogP contribution in [-0.4, -0.2) is 21.0 Å². The SMILES string of the molecule is CCCC1Oc2cc(Cl)c([N+](=O)[O-])cc2-c2[nH]c(C(=O)O)cc(=O)c21. The lowest BCUT2D eigenvalue weighted by molar-refractivity contribution is -0.384. The van der Waals surface area contributed by atoms with Gasteiger partial charge in [-0.15, -0.1) is 0 Å². The first-order valence-electron chi connectivity index (χ1n) is 7.49. The molecule has 0 aliphatic carbocycles. The van der Waals surface area contributed by atoms with Gasteiger partial charge in [-0.3, -0.25) is 14.9 Å². The molecule has 2 aromatic rings. The van der Waals surface area contributed by atoms with E-state index in [2.05, 4.69) is 4.98 Å². The molecule has 1 aromatic carbocycles. The Morgan fingerprint density at radius 2 is 2.16 bits per heavy atom. The fourth-order valence-corrected chi connectivity index (χ4v) is 3.09. The second-order valence-electron chi connectivity index (χ2n) is 5.59. The number of carboxylic acid groups (broad SMARTS) is 1. The first kappa shape index (κ1) is 17.0. The molecular formula is C16H13ClN2O6. The van der Waals surface area contributed by atoms with Gasteiger partial charge in [0.15, 0.2) is 5.43 Å². The summed E-state index contributed by atoms with van der Waals surface area (Å²) in [5.41, 5.74) is -0.443. The highest BCUT2D eigenvalue weighted by molar-refractivity contribution is 6.33. The van der Waals surface area contributed by atoms with Gasteiger partial charge in [0.1, 0.15) is 22.6 Å². The van der Waals surface area contributed by atoms with E-state index >= 15 is 0 Å². The van der Waals surface area contributed by atoms with Crippen molar-refractivity contribution in [2.24, 2.45) is 0 Å². The monoisotopic (exact) mass is 364 g/mol. The van der Waals surface area contributed by atoms with Gasteiger partial charge in [-0.1, -0.05) is 24.9 Å². The summed E-state index contributed by atoms with van der Waals surface area (Å²) in [7, 11) is 0. The Hall–Kier alpha value is -2.87. The highest BCUT2D eigenvalue weighted by atomic mass is 35.5. The molecule has 2 N–H and O–H groups in total. The fraction of sp³-hybridized carbons (Fsp3) is 0.250. The van der Waals surface area contributed by atoms with Crippen LogP contribution < -0.4 is 10.2 Å². The van der Waals surface area contributed by atoms with Crippen LogP contribution in [0.1, 0.15) is 41.9 Å². The highest BCUT2D eigenvalue weighted by Gasteiger charge is 2.32. The van der Waals surface area contributed by atoms with Gasteiger partial charge in [-0.2, -0.15) is 0 Å². The summed E-state index contributed by atoms with van der Waals surface area (Å²) in [5, 5.41) is 20.2. The molecule has 9 heteroatoms. The second-order valence-corrected chi connectivity index (χ2v) is 6.00. The molecule has 2 heterocycles. The highest BCUT2D eigenvalue weighted by Crippen LogP contribution is 2.45. The third-order valence-corrected chi connectivity index (χ3v) is 4.26. The van der Waals surface area contributed by atoms with Crippen LogP contribution in [0, 0.1) is 10.1 Å². The van der Waals surface area contributed by atoms with Crippen LogP contribution in [0.2, 0.25) is 5.02 Å². The number of fused-ring (bicyclic) bond motifs is 3. The number of rotatable bonds is 4. The molecule has 0 saturated carbocycles. The van der Waals surface area contributed by atoms with Gasteiger partial charge in [-0.05, 0) is 6.42 Å². The Morgan fingerprint density at radius 1 is 1.44 bits per heavy atom. The maximum Gasteiger partial charge on any atom is 0.352 e. The molecule has 8 nitrogen and oxygen atoms in total. The predicted molar refractivity (Wildman–Crippen MR) is 89.4 cm³/mol. The third kappa shape index (κ3) is 2.85. The Balaban J connectivity index is 2.33. The standard InChI is InChI=1S/C16H13ClN2O6/c1-2-3-12-14-11(20)6-9(16(21)22)18-15(14)7-4-10(19(23)24)8(17)5-13(7)25-12/h4-6,12H,2-3H2,1H3,(H,18,20)(H,21,22). The molecule has 1 unspecified atom stereocenters. The van der Waals surface area contributed by atoms with Crippen molar-refractivity contribution in [1.82, 2.24) is 4.98 Å². The number of nitro benzene ring substituents is 1. The Labute approximate surface area is 146 Å². The molecule has 1 atom stereocenters. The van der Waals surface area contributed by atoms with Crippen molar-refractivity contribution in [2.75, 3.05) is 0 Å². The number of hydrogen-bond donors (Lipinski definition) is 2. The summed E-state index contributed by atoms with van der Waals surface area (Å²) in [6, 6.07) is 3.48. The average Bonchev–Trinajstić information content (AvgIpc) is 2.53. The van der Waals surface area contributed by atoms with Crippen LogP contribution in [0.4, 0.5) is 5.69 Å². The smallest absolute Gasteiger partial charge is 0.352 e. The van der Waals surface area contributed by atoms with Gasteiger partial charge in [0.2, 0.25) is 0 Å². The third-order valence-electron chi connectivity index (χ3n) is 3.96. The van der Waals surface area contributed by atoms with Crippen LogP contribution in [0.15, 0.2) is 23.0 Å². The number of nitrogens with zero attached hydrogens (tertiary/aromatic N) is 1. The molecule has 25 heavy (non-hydrogen) atoms. The number of hydrogen-bond acceptors (Lipinski definition) is 5. The summed E-state index contributed by atoms with van der Waals surface area (Å²) < 4.78 is 5.82. The number of aromatic amines is 1. The summed E-state index contributed by atoms with van der Waals surface area (Å²) >= 11 is 5.93. The molecule has 0 bridgehead atoms. The van der Waals surface area contributed by atoms with Crippen molar-refractivity contribution < 1.29 is 19.6 Å². The number of aromatic nitrogens is 1. The van der Waals surface area contributed by atoms with Crippen LogP contribution in [0.25, 0.3) is 11.3 Å². The zero-order valence-electron chi connectivity index (χ0n) is 13.0. The minimum absolute atomic E-state index is 0.0980. The molecule has 1 aromatic heterocycles. The van der Waals surface area contributed by atoms with Crippen molar-refractivity contribution in [1.29, 1.82) is 0 Å². The topological polar surface area (TPSA) is 123 Å². The van der Waals surface area contributed by atoms with Gasteiger partial charge >= 0.3 is 5.97 Å². The number of halogens is 1. The van der Waals surface area contributed by atoms with Crippen molar-refractivity contribution in [2.45, 2.75) is 25.9 Å². The Morgan fingerprint density at radius 3 is 2.76 bits per heavy atom. The van der Waals surface area contributed by atoms with E-state index in [-0.39, 0.29) is 39.0 Å². The van der Waals surface area contributed by atoms with Gasteiger partial charge in [-0.25, -0.2) is 4.79 Å². The molecule has 1 aliphatic rings. The van der Waals surface area contributed by atoms with Crippen molar-refractivity contribution in [3.63, 3.8) is 0 Å². The maximum atomic E-state index is 12.4. The zero-order chi connectivity index (χ0) is 18.3. The number of carboxylic acids is 1. The van der Waals surface area contributed by atoms with E-state index < -0.39 is 22.4 Å². The molecule has 0 amide bonds. The number of H-pyrrole nitrogens is 1. The quantitative estimate of drug-likeness (QED) is 0.631. The lowest BCUT2D eigenvalue weighted by Crippen LogP contribution is -2.25. The van der Waals surface area contributed by atoms with Crippen LogP contribution in [0.5, 0.6) is 5.75 Å². The predicted octanol–water partition coefficient (Wildman–Crippen LogP) is 3.54. The second kappa shape index (κ2) is 6.21. The normalized spacial score (nSPS) is 15.0. The lowest BCUT2D eigenvalue weighted by Gasteiger charge is -2.28. The summed E-state index contributed by atoms with van der Waals surface area (Å²) in [5.74, 6) is -1.04. The first-order valence-corrected chi connectivity index (χ1v) is 7.86. The van der Waals surface area contributed by atoms with Gasteiger partial charge in [0, 0.05) is 23.8 Å². The lowest BCUT2D eigenvalue weighted by atomic mass is 9.94. The molecule has 1 aliphatic heterocycles. The minimum Gasteiger partial charge on any atom is -0.485 e. The van der Waals surface area contributed by atoms with E-state index in [9.17, 15) is 24.8 Å². The largest absolute Gasteiger partial charge is 0.485 e. The van der Waals surface area contributed by atoms with Crippen LogP contribution >= 0.6 is 11.6 Å². The molecule has 130 valence electrons. The average molecular weight is 365 g/mol. The van der Waals surface area contributed by atoms with Crippen molar-refractivity contribution in [3.05, 3.63) is 54.8 Å². The van der Waals surface area contributed by atoms with Gasteiger partial charge < -0.3 is 14.8 Å². The summed E-state index contributed by atoms with van der Waals surface area (Å²) in [6.45, 7) is 1.92. The molecule has 0 spiro atoms. The summed E-state index contributed by atoms with van der Waals surface area (Å²) in [4.78, 5) is 36.9. The number of benzene rings is 1. The Bertz CT molecular complexity index is 952. The molecule has 3 rings (SSSR count). The van der Waals surface area contributed by atoms with E-state index in [0.717, 1.165) is 12.5 Å². The van der Waals surface area contributed by atoms with Gasteiger partial charge in [0.25, 0.3) is 5.69 Å². The van der Waals surface area contributed by atoms with E-state index in [0.29, 0.717) is 6.42 Å². The Kier molecular flexibility index (Phi) is 4.22. The van der Waals surface area contributed by atoms with E-state index in [1.807, 2.05) is 6.92 Å². The number of carbonyl (C=O) groups is 1. The number of nitro groups is 1. The zero-order valence-corrected chi connectivity index (χ0v) is 13.8. The first-order chi connectivity index (χ1) is 11.8. The minimum atomic E-state index is -1.30. The number of nitrogens with one attached hydrogen (secondary N) is 1. The van der Waals surface area contributed by atoms with Crippen molar-refractivity contribution >= 4 is 23.3 Å². The van der Waals surface area contributed by atoms with Crippen molar-refractivity contribution in [3.8, 4) is 17.0 Å². The van der Waals surface area contributed by atoms with Crippen LogP contribution in [0.3, 0.4) is 0 Å².